The van der Waals surface area contributed by atoms with E-state index in [0.29, 0.717) is 23.7 Å². The first kappa shape index (κ1) is 24.7. The van der Waals surface area contributed by atoms with Crippen molar-refractivity contribution in [1.82, 2.24) is 10.2 Å². The van der Waals surface area contributed by atoms with E-state index in [1.165, 1.54) is 0 Å². The molecule has 0 unspecified atom stereocenters. The van der Waals surface area contributed by atoms with Gasteiger partial charge in [-0.2, -0.15) is 0 Å². The standard InChI is InChI=1S/C25H33ClN2O3/c1-6-21(24(30)27-7-2)28(16-18-12-8-10-14-20(18)26)23(29)17-31-22-15-11-9-13-19(22)25(3,4)5/h8-15,21H,6-7,16-17H2,1-5H3,(H,27,30)/t21-/m0/s1. The third-order valence-electron chi connectivity index (χ3n) is 5.08. The van der Waals surface area contributed by atoms with Crippen LogP contribution in [0, 0.1) is 0 Å². The van der Waals surface area contributed by atoms with Gasteiger partial charge >= 0.3 is 0 Å². The van der Waals surface area contributed by atoms with Crippen LogP contribution in [-0.2, 0) is 21.5 Å². The molecule has 6 heteroatoms. The van der Waals surface area contributed by atoms with Gasteiger partial charge in [0.2, 0.25) is 5.91 Å². The van der Waals surface area contributed by atoms with Gasteiger partial charge in [-0.3, -0.25) is 9.59 Å². The lowest BCUT2D eigenvalue weighted by atomic mass is 9.86. The summed E-state index contributed by atoms with van der Waals surface area (Å²) in [6.45, 7) is 10.6. The smallest absolute Gasteiger partial charge is 0.261 e. The molecule has 168 valence electrons. The lowest BCUT2D eigenvalue weighted by Crippen LogP contribution is -2.50. The van der Waals surface area contributed by atoms with E-state index in [0.717, 1.165) is 11.1 Å². The van der Waals surface area contributed by atoms with Gasteiger partial charge in [-0.25, -0.2) is 0 Å². The van der Waals surface area contributed by atoms with E-state index >= 15 is 0 Å². The quantitative estimate of drug-likeness (QED) is 0.594. The molecule has 0 aliphatic rings. The van der Waals surface area contributed by atoms with Gasteiger partial charge in [-0.1, -0.05) is 75.7 Å². The van der Waals surface area contributed by atoms with Crippen molar-refractivity contribution in [3.63, 3.8) is 0 Å². The maximum atomic E-state index is 13.3. The van der Waals surface area contributed by atoms with Gasteiger partial charge in [0.1, 0.15) is 11.8 Å². The Balaban J connectivity index is 2.28. The summed E-state index contributed by atoms with van der Waals surface area (Å²) < 4.78 is 5.95. The molecular weight excluding hydrogens is 412 g/mol. The maximum absolute atomic E-state index is 13.3. The van der Waals surface area contributed by atoms with Crippen LogP contribution >= 0.6 is 11.6 Å². The van der Waals surface area contributed by atoms with Crippen LogP contribution in [-0.4, -0.2) is 35.9 Å². The molecule has 0 saturated heterocycles. The van der Waals surface area contributed by atoms with Crippen molar-refractivity contribution in [1.29, 1.82) is 0 Å². The number of rotatable bonds is 9. The highest BCUT2D eigenvalue weighted by Gasteiger charge is 2.29. The second-order valence-corrected chi connectivity index (χ2v) is 8.87. The lowest BCUT2D eigenvalue weighted by molar-refractivity contribution is -0.142. The number of benzene rings is 2. The van der Waals surface area contributed by atoms with Crippen molar-refractivity contribution < 1.29 is 14.3 Å². The zero-order valence-electron chi connectivity index (χ0n) is 19.1. The molecule has 0 radical (unpaired) electrons. The summed E-state index contributed by atoms with van der Waals surface area (Å²) in [5.41, 5.74) is 1.69. The fourth-order valence-electron chi connectivity index (χ4n) is 3.46. The van der Waals surface area contributed by atoms with E-state index in [2.05, 4.69) is 26.1 Å². The molecule has 0 fully saturated rings. The molecule has 2 aromatic carbocycles. The van der Waals surface area contributed by atoms with Crippen molar-refractivity contribution >= 4 is 23.4 Å². The SMILES string of the molecule is CCNC(=O)[C@H](CC)N(Cc1ccccc1Cl)C(=O)COc1ccccc1C(C)(C)C. The Morgan fingerprint density at radius 1 is 1.06 bits per heavy atom. The first-order chi connectivity index (χ1) is 14.7. The normalized spacial score (nSPS) is 12.2. The van der Waals surface area contributed by atoms with E-state index in [-0.39, 0.29) is 30.4 Å². The summed E-state index contributed by atoms with van der Waals surface area (Å²) in [6.07, 6.45) is 0.487. The molecule has 0 aromatic heterocycles. The fraction of sp³-hybridized carbons (Fsp3) is 0.440. The summed E-state index contributed by atoms with van der Waals surface area (Å²) >= 11 is 6.34. The van der Waals surface area contributed by atoms with Gasteiger partial charge in [0, 0.05) is 18.1 Å². The van der Waals surface area contributed by atoms with Crippen LogP contribution in [0.4, 0.5) is 0 Å². The van der Waals surface area contributed by atoms with Crippen LogP contribution in [0.25, 0.3) is 0 Å². The predicted octanol–water partition coefficient (Wildman–Crippen LogP) is 4.96. The minimum absolute atomic E-state index is 0.121. The highest BCUT2D eigenvalue weighted by Crippen LogP contribution is 2.31. The third kappa shape index (κ3) is 6.73. The van der Waals surface area contributed by atoms with Crippen molar-refractivity contribution in [2.45, 2.75) is 59.0 Å². The molecule has 0 aliphatic carbocycles. The molecule has 0 bridgehead atoms. The second-order valence-electron chi connectivity index (χ2n) is 8.47. The number of carbonyl (C=O) groups excluding carboxylic acids is 2. The molecule has 0 spiro atoms. The molecule has 2 amide bonds. The second kappa shape index (κ2) is 11.2. The Hall–Kier alpha value is -2.53. The maximum Gasteiger partial charge on any atom is 0.261 e. The Morgan fingerprint density at radius 3 is 2.32 bits per heavy atom. The number of likely N-dealkylation sites (N-methyl/N-ethyl adjacent to an activating group) is 1. The largest absolute Gasteiger partial charge is 0.483 e. The summed E-state index contributed by atoms with van der Waals surface area (Å²) in [4.78, 5) is 27.5. The molecule has 1 N–H and O–H groups in total. The van der Waals surface area contributed by atoms with Crippen LogP contribution < -0.4 is 10.1 Å². The molecule has 0 aliphatic heterocycles. The number of amides is 2. The first-order valence-corrected chi connectivity index (χ1v) is 11.1. The van der Waals surface area contributed by atoms with Crippen molar-refractivity contribution in [3.05, 3.63) is 64.7 Å². The van der Waals surface area contributed by atoms with Gasteiger partial charge in [-0.05, 0) is 42.0 Å². The highest BCUT2D eigenvalue weighted by molar-refractivity contribution is 6.31. The van der Waals surface area contributed by atoms with Crippen LogP contribution in [0.1, 0.15) is 52.2 Å². The minimum Gasteiger partial charge on any atom is -0.483 e. The van der Waals surface area contributed by atoms with E-state index < -0.39 is 6.04 Å². The zero-order valence-corrected chi connectivity index (χ0v) is 19.8. The number of nitrogens with one attached hydrogen (secondary N) is 1. The minimum atomic E-state index is -0.606. The molecule has 0 saturated carbocycles. The van der Waals surface area contributed by atoms with Crippen molar-refractivity contribution in [2.24, 2.45) is 0 Å². The topological polar surface area (TPSA) is 58.6 Å². The van der Waals surface area contributed by atoms with E-state index in [1.807, 2.05) is 56.3 Å². The number of nitrogens with zero attached hydrogens (tertiary/aromatic N) is 1. The van der Waals surface area contributed by atoms with Crippen LogP contribution in [0.2, 0.25) is 5.02 Å². The third-order valence-corrected chi connectivity index (χ3v) is 5.45. The monoisotopic (exact) mass is 444 g/mol. The number of hydrogen-bond acceptors (Lipinski definition) is 3. The molecule has 5 nitrogen and oxygen atoms in total. The first-order valence-electron chi connectivity index (χ1n) is 10.7. The van der Waals surface area contributed by atoms with E-state index in [1.54, 1.807) is 11.0 Å². The Labute approximate surface area is 190 Å². The summed E-state index contributed by atoms with van der Waals surface area (Å²) in [5, 5.41) is 3.39. The van der Waals surface area contributed by atoms with Crippen molar-refractivity contribution in [3.8, 4) is 5.75 Å². The van der Waals surface area contributed by atoms with Crippen LogP contribution in [0.5, 0.6) is 5.75 Å². The van der Waals surface area contributed by atoms with Crippen LogP contribution in [0.15, 0.2) is 48.5 Å². The van der Waals surface area contributed by atoms with Gasteiger partial charge in [0.05, 0.1) is 0 Å². The summed E-state index contributed by atoms with van der Waals surface area (Å²) in [5.74, 6) is 0.231. The molecule has 2 rings (SSSR count). The number of hydrogen-bond donors (Lipinski definition) is 1. The van der Waals surface area contributed by atoms with Crippen LogP contribution in [0.3, 0.4) is 0 Å². The number of halogens is 1. The number of ether oxygens (including phenoxy) is 1. The van der Waals surface area contributed by atoms with Crippen molar-refractivity contribution in [2.75, 3.05) is 13.2 Å². The zero-order chi connectivity index (χ0) is 23.0. The molecule has 31 heavy (non-hydrogen) atoms. The Bertz CT molecular complexity index is 892. The summed E-state index contributed by atoms with van der Waals surface area (Å²) in [6, 6.07) is 14.5. The average Bonchev–Trinajstić information content (AvgIpc) is 2.73. The van der Waals surface area contributed by atoms with Gasteiger partial charge in [0.25, 0.3) is 5.91 Å². The van der Waals surface area contributed by atoms with Gasteiger partial charge < -0.3 is 15.0 Å². The molecule has 1 atom stereocenters. The molecule has 2 aromatic rings. The van der Waals surface area contributed by atoms with E-state index in [9.17, 15) is 9.59 Å². The highest BCUT2D eigenvalue weighted by atomic mass is 35.5. The lowest BCUT2D eigenvalue weighted by Gasteiger charge is -2.31. The van der Waals surface area contributed by atoms with Gasteiger partial charge in [-0.15, -0.1) is 0 Å². The Morgan fingerprint density at radius 2 is 1.71 bits per heavy atom. The predicted molar refractivity (Wildman–Crippen MR) is 125 cm³/mol. The Kier molecular flexibility index (Phi) is 8.93. The number of para-hydroxylation sites is 1. The summed E-state index contributed by atoms with van der Waals surface area (Å²) in [7, 11) is 0. The molecular formula is C25H33ClN2O3. The fourth-order valence-corrected chi connectivity index (χ4v) is 3.65. The number of carbonyl (C=O) groups is 2. The average molecular weight is 445 g/mol. The van der Waals surface area contributed by atoms with Gasteiger partial charge in [0.15, 0.2) is 6.61 Å². The molecule has 0 heterocycles. The van der Waals surface area contributed by atoms with E-state index in [4.69, 9.17) is 16.3 Å².